The number of halogens is 1. The zero-order chi connectivity index (χ0) is 13.0. The van der Waals surface area contributed by atoms with Gasteiger partial charge in [-0.2, -0.15) is 0 Å². The van der Waals surface area contributed by atoms with Gasteiger partial charge in [0.15, 0.2) is 0 Å². The van der Waals surface area contributed by atoms with Crippen LogP contribution >= 0.6 is 11.6 Å². The molecule has 100 valence electrons. The highest BCUT2D eigenvalue weighted by Crippen LogP contribution is 2.26. The quantitative estimate of drug-likeness (QED) is 0.905. The van der Waals surface area contributed by atoms with E-state index in [1.54, 1.807) is 0 Å². The van der Waals surface area contributed by atoms with Crippen LogP contribution in [0.2, 0.25) is 5.02 Å². The molecule has 18 heavy (non-hydrogen) atoms. The molecule has 1 fully saturated rings. The minimum atomic E-state index is 0.519. The van der Waals surface area contributed by atoms with Gasteiger partial charge < -0.3 is 10.1 Å². The molecule has 0 amide bonds. The van der Waals surface area contributed by atoms with Crippen molar-refractivity contribution in [1.29, 1.82) is 0 Å². The molecule has 2 rings (SSSR count). The zero-order valence-electron chi connectivity index (χ0n) is 11.2. The number of rotatable bonds is 4. The van der Waals surface area contributed by atoms with Crippen molar-refractivity contribution < 1.29 is 4.74 Å². The average molecular weight is 268 g/mol. The highest BCUT2D eigenvalue weighted by Gasteiger charge is 2.28. The number of nitrogens with one attached hydrogen (secondary N) is 1. The third-order valence-electron chi connectivity index (χ3n) is 3.96. The Bertz CT molecular complexity index is 365. The first-order chi connectivity index (χ1) is 8.70. The first kappa shape index (κ1) is 13.9. The molecule has 0 aromatic heterocycles. The van der Waals surface area contributed by atoms with Crippen molar-refractivity contribution in [2.45, 2.75) is 25.8 Å². The fourth-order valence-corrected chi connectivity index (χ4v) is 2.96. The van der Waals surface area contributed by atoms with Crippen LogP contribution in [0.5, 0.6) is 0 Å². The van der Waals surface area contributed by atoms with E-state index in [1.165, 1.54) is 5.56 Å². The number of hydrogen-bond acceptors (Lipinski definition) is 2. The van der Waals surface area contributed by atoms with Gasteiger partial charge in [-0.05, 0) is 49.4 Å². The van der Waals surface area contributed by atoms with E-state index < -0.39 is 0 Å². The molecule has 1 saturated heterocycles. The van der Waals surface area contributed by atoms with Crippen LogP contribution < -0.4 is 5.32 Å². The summed E-state index contributed by atoms with van der Waals surface area (Å²) in [7, 11) is 2.06. The van der Waals surface area contributed by atoms with Gasteiger partial charge in [0.2, 0.25) is 0 Å². The van der Waals surface area contributed by atoms with Gasteiger partial charge in [-0.25, -0.2) is 0 Å². The average Bonchev–Trinajstić information content (AvgIpc) is 2.39. The second kappa shape index (κ2) is 6.55. The number of benzene rings is 1. The van der Waals surface area contributed by atoms with Crippen LogP contribution in [0.15, 0.2) is 24.3 Å². The van der Waals surface area contributed by atoms with Gasteiger partial charge in [0.25, 0.3) is 0 Å². The maximum absolute atomic E-state index is 5.92. The highest BCUT2D eigenvalue weighted by molar-refractivity contribution is 6.30. The van der Waals surface area contributed by atoms with Crippen LogP contribution in [0.4, 0.5) is 0 Å². The minimum absolute atomic E-state index is 0.519. The van der Waals surface area contributed by atoms with Crippen LogP contribution in [0.1, 0.15) is 18.9 Å². The molecule has 0 saturated carbocycles. The molecule has 3 heteroatoms. The smallest absolute Gasteiger partial charge is 0.0494 e. The second-order valence-electron chi connectivity index (χ2n) is 5.23. The summed E-state index contributed by atoms with van der Waals surface area (Å²) in [6.45, 7) is 4.08. The van der Waals surface area contributed by atoms with E-state index in [1.807, 2.05) is 12.1 Å². The number of ether oxygens (including phenoxy) is 1. The summed E-state index contributed by atoms with van der Waals surface area (Å²) in [5.41, 5.74) is 1.34. The number of likely N-dealkylation sites (N-methyl/N-ethyl adjacent to an activating group) is 1. The van der Waals surface area contributed by atoms with Crippen LogP contribution in [0, 0.1) is 11.8 Å². The molecule has 3 atom stereocenters. The molecule has 0 bridgehead atoms. The molecular weight excluding hydrogens is 246 g/mol. The predicted octanol–water partition coefficient (Wildman–Crippen LogP) is 3.14. The summed E-state index contributed by atoms with van der Waals surface area (Å²) in [6.07, 6.45) is 2.21. The second-order valence-corrected chi connectivity index (χ2v) is 5.67. The Kier molecular flexibility index (Phi) is 5.04. The maximum atomic E-state index is 5.92. The largest absolute Gasteiger partial charge is 0.381 e. The molecule has 0 radical (unpaired) electrons. The van der Waals surface area contributed by atoms with Crippen molar-refractivity contribution in [1.82, 2.24) is 5.32 Å². The fourth-order valence-electron chi connectivity index (χ4n) is 2.84. The molecule has 1 aliphatic rings. The lowest BCUT2D eigenvalue weighted by Gasteiger charge is -2.35. The molecule has 1 N–H and O–H groups in total. The summed E-state index contributed by atoms with van der Waals surface area (Å²) in [5, 5.41) is 4.28. The standard InChI is InChI=1S/C15H22ClNO/c1-11-10-18-8-7-14(11)15(17-2)9-12-3-5-13(16)6-4-12/h3-6,11,14-15,17H,7-10H2,1-2H3. The Labute approximate surface area is 115 Å². The summed E-state index contributed by atoms with van der Waals surface area (Å²) in [4.78, 5) is 0. The first-order valence-corrected chi connectivity index (χ1v) is 7.08. The Morgan fingerprint density at radius 1 is 1.39 bits per heavy atom. The van der Waals surface area contributed by atoms with Gasteiger partial charge in [0.1, 0.15) is 0 Å². The van der Waals surface area contributed by atoms with Gasteiger partial charge in [-0.15, -0.1) is 0 Å². The maximum Gasteiger partial charge on any atom is 0.0494 e. The topological polar surface area (TPSA) is 21.3 Å². The Balaban J connectivity index is 2.02. The van der Waals surface area contributed by atoms with Gasteiger partial charge in [-0.3, -0.25) is 0 Å². The van der Waals surface area contributed by atoms with E-state index in [0.717, 1.165) is 31.1 Å². The van der Waals surface area contributed by atoms with Crippen LogP contribution in [-0.4, -0.2) is 26.3 Å². The number of hydrogen-bond donors (Lipinski definition) is 1. The highest BCUT2D eigenvalue weighted by atomic mass is 35.5. The van der Waals surface area contributed by atoms with Crippen molar-refractivity contribution in [3.05, 3.63) is 34.9 Å². The Hall–Kier alpha value is -0.570. The molecule has 0 aliphatic carbocycles. The predicted molar refractivity (Wildman–Crippen MR) is 76.1 cm³/mol. The Morgan fingerprint density at radius 2 is 2.11 bits per heavy atom. The van der Waals surface area contributed by atoms with Gasteiger partial charge in [0, 0.05) is 24.3 Å². The summed E-state index contributed by atoms with van der Waals surface area (Å²) < 4.78 is 5.53. The van der Waals surface area contributed by atoms with Crippen molar-refractivity contribution in [2.24, 2.45) is 11.8 Å². The summed E-state index contributed by atoms with van der Waals surface area (Å²) in [6, 6.07) is 8.70. The van der Waals surface area contributed by atoms with E-state index in [9.17, 15) is 0 Å². The first-order valence-electron chi connectivity index (χ1n) is 6.70. The van der Waals surface area contributed by atoms with Gasteiger partial charge in [-0.1, -0.05) is 30.7 Å². The molecule has 2 nitrogen and oxygen atoms in total. The van der Waals surface area contributed by atoms with Gasteiger partial charge >= 0.3 is 0 Å². The summed E-state index contributed by atoms with van der Waals surface area (Å²) in [5.74, 6) is 1.32. The molecule has 1 heterocycles. The third-order valence-corrected chi connectivity index (χ3v) is 4.22. The van der Waals surface area contributed by atoms with Crippen molar-refractivity contribution in [3.63, 3.8) is 0 Å². The van der Waals surface area contributed by atoms with Crippen LogP contribution in [0.25, 0.3) is 0 Å². The molecular formula is C15H22ClNO. The lowest BCUT2D eigenvalue weighted by atomic mass is 9.81. The van der Waals surface area contributed by atoms with E-state index >= 15 is 0 Å². The van der Waals surface area contributed by atoms with E-state index in [4.69, 9.17) is 16.3 Å². The monoisotopic (exact) mass is 267 g/mol. The SMILES string of the molecule is CNC(Cc1ccc(Cl)cc1)C1CCOCC1C. The molecule has 3 unspecified atom stereocenters. The lowest BCUT2D eigenvalue weighted by molar-refractivity contribution is 0.0119. The van der Waals surface area contributed by atoms with E-state index in [0.29, 0.717) is 17.9 Å². The fraction of sp³-hybridized carbons (Fsp3) is 0.600. The van der Waals surface area contributed by atoms with Gasteiger partial charge in [0.05, 0.1) is 0 Å². The third kappa shape index (κ3) is 3.47. The van der Waals surface area contributed by atoms with Crippen LogP contribution in [-0.2, 0) is 11.2 Å². The van der Waals surface area contributed by atoms with Crippen molar-refractivity contribution in [3.8, 4) is 0 Å². The lowest BCUT2D eigenvalue weighted by Crippen LogP contribution is -2.42. The Morgan fingerprint density at radius 3 is 2.72 bits per heavy atom. The molecule has 1 aromatic rings. The van der Waals surface area contributed by atoms with Crippen molar-refractivity contribution >= 4 is 11.6 Å². The molecule has 1 aliphatic heterocycles. The van der Waals surface area contributed by atoms with Crippen molar-refractivity contribution in [2.75, 3.05) is 20.3 Å². The zero-order valence-corrected chi connectivity index (χ0v) is 11.9. The summed E-state index contributed by atoms with van der Waals surface area (Å²) >= 11 is 5.92. The molecule has 0 spiro atoms. The van der Waals surface area contributed by atoms with E-state index in [2.05, 4.69) is 31.4 Å². The van der Waals surface area contributed by atoms with Crippen LogP contribution in [0.3, 0.4) is 0 Å². The minimum Gasteiger partial charge on any atom is -0.381 e. The molecule has 1 aromatic carbocycles. The van der Waals surface area contributed by atoms with E-state index in [-0.39, 0.29) is 0 Å². The normalized spacial score (nSPS) is 25.9.